The van der Waals surface area contributed by atoms with Gasteiger partial charge in [-0.3, -0.25) is 4.99 Å². The van der Waals surface area contributed by atoms with E-state index < -0.39 is 0 Å². The lowest BCUT2D eigenvalue weighted by Crippen LogP contribution is -2.06. The molecule has 0 N–H and O–H groups in total. The van der Waals surface area contributed by atoms with Crippen molar-refractivity contribution in [2.24, 2.45) is 4.99 Å². The van der Waals surface area contributed by atoms with E-state index in [1.54, 1.807) is 0 Å². The van der Waals surface area contributed by atoms with E-state index in [0.717, 1.165) is 0 Å². The summed E-state index contributed by atoms with van der Waals surface area (Å²) in [5.41, 5.74) is 2.67. The average molecular weight is 173 g/mol. The zero-order valence-electron chi connectivity index (χ0n) is 8.03. The highest BCUT2D eigenvalue weighted by atomic mass is 14.8. The summed E-state index contributed by atoms with van der Waals surface area (Å²) in [6, 6.07) is 11.0. The predicted molar refractivity (Wildman–Crippen MR) is 56.1 cm³/mol. The molecule has 0 fully saturated rings. The highest BCUT2D eigenvalue weighted by molar-refractivity contribution is 5.82. The van der Waals surface area contributed by atoms with E-state index in [0.29, 0.717) is 6.04 Å². The fourth-order valence-electron chi connectivity index (χ4n) is 1.86. The molecule has 68 valence electrons. The molecule has 1 aromatic carbocycles. The molecular weight excluding hydrogens is 158 g/mol. The maximum Gasteiger partial charge on any atom is 0.0748 e. The van der Waals surface area contributed by atoms with Gasteiger partial charge < -0.3 is 0 Å². The molecule has 0 amide bonds. The summed E-state index contributed by atoms with van der Waals surface area (Å²) >= 11 is 0. The Morgan fingerprint density at radius 2 is 2.00 bits per heavy atom. The Labute approximate surface area is 79.5 Å². The molecule has 1 heteroatoms. The molecule has 0 saturated carbocycles. The van der Waals surface area contributed by atoms with Gasteiger partial charge in [0.05, 0.1) is 6.04 Å². The van der Waals surface area contributed by atoms with Crippen LogP contribution >= 0.6 is 0 Å². The first-order chi connectivity index (χ1) is 6.36. The van der Waals surface area contributed by atoms with Gasteiger partial charge in [-0.05, 0) is 31.7 Å². The van der Waals surface area contributed by atoms with E-state index in [4.69, 9.17) is 0 Å². The maximum atomic E-state index is 4.67. The Balaban J connectivity index is 2.22. The topological polar surface area (TPSA) is 12.4 Å². The molecule has 0 radical (unpaired) electrons. The number of hydrogen-bond acceptors (Lipinski definition) is 1. The largest absolute Gasteiger partial charge is 0.286 e. The van der Waals surface area contributed by atoms with E-state index in [-0.39, 0.29) is 0 Å². The normalized spacial score (nSPS) is 22.5. The molecule has 1 aliphatic rings. The minimum absolute atomic E-state index is 0.426. The Kier molecular flexibility index (Phi) is 2.44. The Hall–Kier alpha value is -1.11. The lowest BCUT2D eigenvalue weighted by Gasteiger charge is -2.18. The van der Waals surface area contributed by atoms with Crippen LogP contribution in [0.3, 0.4) is 0 Å². The van der Waals surface area contributed by atoms with Crippen LogP contribution in [0.2, 0.25) is 0 Å². The van der Waals surface area contributed by atoms with Crippen LogP contribution in [0.5, 0.6) is 0 Å². The molecule has 1 aromatic rings. The maximum absolute atomic E-state index is 4.67. The summed E-state index contributed by atoms with van der Waals surface area (Å²) in [7, 11) is 0. The van der Waals surface area contributed by atoms with Crippen LogP contribution in [0.4, 0.5) is 0 Å². The van der Waals surface area contributed by atoms with Crippen LogP contribution < -0.4 is 0 Å². The summed E-state index contributed by atoms with van der Waals surface area (Å²) in [5.74, 6) is 0. The highest BCUT2D eigenvalue weighted by Gasteiger charge is 2.13. The first kappa shape index (κ1) is 8.49. The van der Waals surface area contributed by atoms with Gasteiger partial charge in [-0.2, -0.15) is 0 Å². The number of nitrogens with zero attached hydrogens (tertiary/aromatic N) is 1. The van der Waals surface area contributed by atoms with Crippen LogP contribution in [0.1, 0.15) is 37.8 Å². The van der Waals surface area contributed by atoms with Crippen molar-refractivity contribution in [2.45, 2.75) is 32.2 Å². The standard InChI is InChI=1S/C12H15N/c1-10-6-5-9-12(13-10)11-7-3-2-4-8-11/h2-4,7-8,12H,5-6,9H2,1H3. The van der Waals surface area contributed by atoms with E-state index >= 15 is 0 Å². The van der Waals surface area contributed by atoms with Gasteiger partial charge in [0.1, 0.15) is 0 Å². The van der Waals surface area contributed by atoms with Gasteiger partial charge >= 0.3 is 0 Å². The minimum Gasteiger partial charge on any atom is -0.286 e. The van der Waals surface area contributed by atoms with E-state index in [1.165, 1.54) is 30.5 Å². The molecule has 1 aliphatic heterocycles. The Bertz CT molecular complexity index is 300. The molecule has 1 unspecified atom stereocenters. The van der Waals surface area contributed by atoms with Gasteiger partial charge in [0.15, 0.2) is 0 Å². The molecule has 0 saturated heterocycles. The molecule has 0 aliphatic carbocycles. The van der Waals surface area contributed by atoms with Crippen molar-refractivity contribution in [3.63, 3.8) is 0 Å². The van der Waals surface area contributed by atoms with Gasteiger partial charge in [0.25, 0.3) is 0 Å². The molecule has 0 bridgehead atoms. The van der Waals surface area contributed by atoms with Gasteiger partial charge in [-0.1, -0.05) is 30.3 Å². The van der Waals surface area contributed by atoms with Crippen molar-refractivity contribution < 1.29 is 0 Å². The zero-order chi connectivity index (χ0) is 9.10. The molecular formula is C12H15N. The average Bonchev–Trinajstić information content (AvgIpc) is 2.19. The van der Waals surface area contributed by atoms with Crippen LogP contribution in [-0.2, 0) is 0 Å². The SMILES string of the molecule is CC1=NC(c2ccccc2)CCC1. The fourth-order valence-corrected chi connectivity index (χ4v) is 1.86. The summed E-state index contributed by atoms with van der Waals surface area (Å²) in [6.45, 7) is 2.13. The summed E-state index contributed by atoms with van der Waals surface area (Å²) < 4.78 is 0. The molecule has 13 heavy (non-hydrogen) atoms. The van der Waals surface area contributed by atoms with E-state index in [2.05, 4.69) is 42.2 Å². The predicted octanol–water partition coefficient (Wildman–Crippen LogP) is 3.37. The summed E-state index contributed by atoms with van der Waals surface area (Å²) in [4.78, 5) is 4.67. The molecule has 2 rings (SSSR count). The third-order valence-corrected chi connectivity index (χ3v) is 2.58. The van der Waals surface area contributed by atoms with Crippen LogP contribution in [-0.4, -0.2) is 5.71 Å². The quantitative estimate of drug-likeness (QED) is 0.617. The van der Waals surface area contributed by atoms with Gasteiger partial charge in [-0.15, -0.1) is 0 Å². The molecule has 1 atom stereocenters. The fraction of sp³-hybridized carbons (Fsp3) is 0.417. The van der Waals surface area contributed by atoms with Crippen molar-refractivity contribution in [1.29, 1.82) is 0 Å². The van der Waals surface area contributed by atoms with Crippen LogP contribution in [0.25, 0.3) is 0 Å². The third-order valence-electron chi connectivity index (χ3n) is 2.58. The van der Waals surface area contributed by atoms with Crippen LogP contribution in [0.15, 0.2) is 35.3 Å². The van der Waals surface area contributed by atoms with Gasteiger partial charge in [0.2, 0.25) is 0 Å². The first-order valence-corrected chi connectivity index (χ1v) is 4.94. The number of benzene rings is 1. The first-order valence-electron chi connectivity index (χ1n) is 4.94. The lowest BCUT2D eigenvalue weighted by atomic mass is 9.97. The van der Waals surface area contributed by atoms with E-state index in [9.17, 15) is 0 Å². The smallest absolute Gasteiger partial charge is 0.0748 e. The Morgan fingerprint density at radius 1 is 1.23 bits per heavy atom. The van der Waals surface area contributed by atoms with Gasteiger partial charge in [-0.25, -0.2) is 0 Å². The van der Waals surface area contributed by atoms with Crippen molar-refractivity contribution >= 4 is 5.71 Å². The highest BCUT2D eigenvalue weighted by Crippen LogP contribution is 2.27. The van der Waals surface area contributed by atoms with E-state index in [1.807, 2.05) is 0 Å². The molecule has 0 aromatic heterocycles. The monoisotopic (exact) mass is 173 g/mol. The number of hydrogen-bond donors (Lipinski definition) is 0. The Morgan fingerprint density at radius 3 is 2.69 bits per heavy atom. The zero-order valence-corrected chi connectivity index (χ0v) is 8.03. The van der Waals surface area contributed by atoms with Gasteiger partial charge in [0, 0.05) is 5.71 Å². The molecule has 1 heterocycles. The minimum atomic E-state index is 0.426. The van der Waals surface area contributed by atoms with Crippen molar-refractivity contribution in [3.8, 4) is 0 Å². The number of aliphatic imine (C=N–C) groups is 1. The molecule has 0 spiro atoms. The second-order valence-electron chi connectivity index (χ2n) is 3.68. The lowest BCUT2D eigenvalue weighted by molar-refractivity contribution is 0.595. The van der Waals surface area contributed by atoms with Crippen molar-refractivity contribution in [2.75, 3.05) is 0 Å². The second kappa shape index (κ2) is 3.73. The third kappa shape index (κ3) is 1.97. The second-order valence-corrected chi connectivity index (χ2v) is 3.68. The summed E-state index contributed by atoms with van der Waals surface area (Å²) in [6.07, 6.45) is 3.68. The molecule has 1 nitrogen and oxygen atoms in total. The van der Waals surface area contributed by atoms with Crippen molar-refractivity contribution in [1.82, 2.24) is 0 Å². The number of rotatable bonds is 1. The van der Waals surface area contributed by atoms with Crippen LogP contribution in [0, 0.1) is 0 Å². The summed E-state index contributed by atoms with van der Waals surface area (Å²) in [5, 5.41) is 0. The van der Waals surface area contributed by atoms with Crippen molar-refractivity contribution in [3.05, 3.63) is 35.9 Å².